The van der Waals surface area contributed by atoms with E-state index in [9.17, 15) is 9.59 Å². The predicted octanol–water partition coefficient (Wildman–Crippen LogP) is 3.62. The molecule has 0 unspecified atom stereocenters. The summed E-state index contributed by atoms with van der Waals surface area (Å²) in [7, 11) is 0. The Bertz CT molecular complexity index is 974. The molecule has 0 spiro atoms. The molecule has 0 aliphatic carbocycles. The lowest BCUT2D eigenvalue weighted by atomic mass is 10.1. The van der Waals surface area contributed by atoms with Crippen molar-refractivity contribution in [2.24, 2.45) is 0 Å². The molecule has 2 N–H and O–H groups in total. The number of benzene rings is 2. The van der Waals surface area contributed by atoms with Crippen LogP contribution in [-0.2, 0) is 6.54 Å². The number of fused-ring (bicyclic) bond motifs is 1. The lowest BCUT2D eigenvalue weighted by Crippen LogP contribution is -2.23. The van der Waals surface area contributed by atoms with Gasteiger partial charge in [0.2, 0.25) is 5.43 Å². The zero-order valence-corrected chi connectivity index (χ0v) is 15.1. The first-order chi connectivity index (χ1) is 12.6. The van der Waals surface area contributed by atoms with Gasteiger partial charge in [0.1, 0.15) is 5.56 Å². The largest absolute Gasteiger partial charge is 0.360 e. The molecule has 1 amide bonds. The number of anilines is 1. The van der Waals surface area contributed by atoms with E-state index in [1.54, 1.807) is 12.1 Å². The van der Waals surface area contributed by atoms with Gasteiger partial charge in [-0.25, -0.2) is 0 Å². The quantitative estimate of drug-likeness (QED) is 0.714. The minimum Gasteiger partial charge on any atom is -0.360 e. The molecule has 0 aliphatic heterocycles. The summed E-state index contributed by atoms with van der Waals surface area (Å²) in [4.78, 5) is 30.5. The second-order valence-corrected chi connectivity index (χ2v) is 6.19. The third-order valence-electron chi connectivity index (χ3n) is 4.52. The molecule has 0 bridgehead atoms. The third-order valence-corrected chi connectivity index (χ3v) is 4.52. The van der Waals surface area contributed by atoms with Gasteiger partial charge in [0.05, 0.1) is 0 Å². The van der Waals surface area contributed by atoms with Crippen LogP contribution in [-0.4, -0.2) is 28.9 Å². The van der Waals surface area contributed by atoms with Crippen LogP contribution in [0.5, 0.6) is 0 Å². The summed E-state index contributed by atoms with van der Waals surface area (Å²) >= 11 is 0. The molecule has 134 valence electrons. The first kappa shape index (κ1) is 17.9. The standard InChI is InChI=1S/C21H23N3O2/c1-3-24(4-2)14-15-8-7-9-16(12-15)23-21(26)18-13-22-19-11-6-5-10-17(19)20(18)25/h5-13H,3-4,14H2,1-2H3,(H,22,25)(H,23,26). The number of nitrogens with zero attached hydrogens (tertiary/aromatic N) is 1. The normalized spacial score (nSPS) is 11.0. The Hall–Kier alpha value is -2.92. The summed E-state index contributed by atoms with van der Waals surface area (Å²) in [6.45, 7) is 7.02. The number of rotatable bonds is 6. The van der Waals surface area contributed by atoms with Crippen LogP contribution in [0.3, 0.4) is 0 Å². The molecule has 0 saturated heterocycles. The number of H-pyrrole nitrogens is 1. The number of para-hydroxylation sites is 1. The molecule has 3 aromatic rings. The Morgan fingerprint density at radius 1 is 1.08 bits per heavy atom. The highest BCUT2D eigenvalue weighted by Crippen LogP contribution is 2.14. The van der Waals surface area contributed by atoms with Crippen LogP contribution < -0.4 is 10.7 Å². The summed E-state index contributed by atoms with van der Waals surface area (Å²) < 4.78 is 0. The van der Waals surface area contributed by atoms with Crippen molar-refractivity contribution in [3.8, 4) is 0 Å². The van der Waals surface area contributed by atoms with E-state index in [1.165, 1.54) is 6.20 Å². The van der Waals surface area contributed by atoms with E-state index in [0.29, 0.717) is 11.1 Å². The van der Waals surface area contributed by atoms with Crippen molar-refractivity contribution in [2.45, 2.75) is 20.4 Å². The van der Waals surface area contributed by atoms with Gasteiger partial charge in [-0.2, -0.15) is 0 Å². The van der Waals surface area contributed by atoms with E-state index < -0.39 is 5.91 Å². The number of carbonyl (C=O) groups excluding carboxylic acids is 1. The second kappa shape index (κ2) is 7.97. The van der Waals surface area contributed by atoms with E-state index in [1.807, 2.05) is 36.4 Å². The van der Waals surface area contributed by atoms with Crippen LogP contribution >= 0.6 is 0 Å². The Labute approximate surface area is 152 Å². The van der Waals surface area contributed by atoms with Gasteiger partial charge < -0.3 is 10.3 Å². The maximum atomic E-state index is 12.6. The highest BCUT2D eigenvalue weighted by Gasteiger charge is 2.13. The fraction of sp³-hybridized carbons (Fsp3) is 0.238. The molecule has 3 rings (SSSR count). The SMILES string of the molecule is CCN(CC)Cc1cccc(NC(=O)c2c[nH]c3ccccc3c2=O)c1. The van der Waals surface area contributed by atoms with Gasteiger partial charge in [-0.1, -0.05) is 38.1 Å². The average molecular weight is 349 g/mol. The van der Waals surface area contributed by atoms with Crippen LogP contribution in [0.2, 0.25) is 0 Å². The molecular weight excluding hydrogens is 326 g/mol. The number of carbonyl (C=O) groups is 1. The van der Waals surface area contributed by atoms with Crippen molar-refractivity contribution in [2.75, 3.05) is 18.4 Å². The lowest BCUT2D eigenvalue weighted by molar-refractivity contribution is 0.102. The van der Waals surface area contributed by atoms with Gasteiger partial charge in [0.15, 0.2) is 0 Å². The molecule has 1 aromatic heterocycles. The first-order valence-corrected chi connectivity index (χ1v) is 8.85. The average Bonchev–Trinajstić information content (AvgIpc) is 2.67. The van der Waals surface area contributed by atoms with E-state index in [4.69, 9.17) is 0 Å². The van der Waals surface area contributed by atoms with E-state index in [2.05, 4.69) is 29.0 Å². The number of aromatic amines is 1. The summed E-state index contributed by atoms with van der Waals surface area (Å²) in [5, 5.41) is 3.35. The lowest BCUT2D eigenvalue weighted by Gasteiger charge is -2.18. The molecule has 2 aromatic carbocycles. The number of nitrogens with one attached hydrogen (secondary N) is 2. The number of pyridine rings is 1. The van der Waals surface area contributed by atoms with Gasteiger partial charge in [-0.3, -0.25) is 14.5 Å². The Balaban J connectivity index is 1.82. The fourth-order valence-electron chi connectivity index (χ4n) is 2.99. The number of aromatic nitrogens is 1. The highest BCUT2D eigenvalue weighted by atomic mass is 16.2. The summed E-state index contributed by atoms with van der Waals surface area (Å²) in [6.07, 6.45) is 1.47. The minimum atomic E-state index is -0.406. The van der Waals surface area contributed by atoms with Crippen molar-refractivity contribution < 1.29 is 4.79 Å². The molecule has 0 radical (unpaired) electrons. The van der Waals surface area contributed by atoms with Crippen molar-refractivity contribution in [1.82, 2.24) is 9.88 Å². The van der Waals surface area contributed by atoms with E-state index in [-0.39, 0.29) is 11.0 Å². The summed E-state index contributed by atoms with van der Waals surface area (Å²) in [6, 6.07) is 14.9. The van der Waals surface area contributed by atoms with Crippen LogP contribution in [0.1, 0.15) is 29.8 Å². The molecule has 26 heavy (non-hydrogen) atoms. The molecule has 5 heteroatoms. The molecule has 0 fully saturated rings. The molecule has 1 heterocycles. The summed E-state index contributed by atoms with van der Waals surface area (Å²) in [5.74, 6) is -0.406. The fourth-order valence-corrected chi connectivity index (χ4v) is 2.99. The first-order valence-electron chi connectivity index (χ1n) is 8.85. The van der Waals surface area contributed by atoms with Crippen LogP contribution in [0.25, 0.3) is 10.9 Å². The van der Waals surface area contributed by atoms with E-state index in [0.717, 1.165) is 30.7 Å². The van der Waals surface area contributed by atoms with Crippen LogP contribution in [0.15, 0.2) is 59.5 Å². The Morgan fingerprint density at radius 3 is 2.62 bits per heavy atom. The third kappa shape index (κ3) is 3.83. The van der Waals surface area contributed by atoms with Crippen molar-refractivity contribution >= 4 is 22.5 Å². The minimum absolute atomic E-state index is 0.109. The van der Waals surface area contributed by atoms with Gasteiger partial charge in [0.25, 0.3) is 5.91 Å². The zero-order chi connectivity index (χ0) is 18.5. The van der Waals surface area contributed by atoms with Gasteiger partial charge in [-0.15, -0.1) is 0 Å². The Kier molecular flexibility index (Phi) is 5.49. The Morgan fingerprint density at radius 2 is 1.85 bits per heavy atom. The number of hydrogen-bond donors (Lipinski definition) is 2. The van der Waals surface area contributed by atoms with Crippen molar-refractivity contribution in [3.05, 3.63) is 76.1 Å². The molecular formula is C21H23N3O2. The maximum Gasteiger partial charge on any atom is 0.261 e. The number of hydrogen-bond acceptors (Lipinski definition) is 3. The van der Waals surface area contributed by atoms with E-state index >= 15 is 0 Å². The van der Waals surface area contributed by atoms with Gasteiger partial charge >= 0.3 is 0 Å². The molecule has 0 aliphatic rings. The van der Waals surface area contributed by atoms with Crippen LogP contribution in [0, 0.1) is 0 Å². The monoisotopic (exact) mass is 349 g/mol. The summed E-state index contributed by atoms with van der Waals surface area (Å²) in [5.41, 5.74) is 2.37. The predicted molar refractivity (Wildman–Crippen MR) is 106 cm³/mol. The van der Waals surface area contributed by atoms with Crippen LogP contribution in [0.4, 0.5) is 5.69 Å². The van der Waals surface area contributed by atoms with Gasteiger partial charge in [0, 0.05) is 29.3 Å². The molecule has 5 nitrogen and oxygen atoms in total. The zero-order valence-electron chi connectivity index (χ0n) is 15.1. The maximum absolute atomic E-state index is 12.6. The number of amides is 1. The molecule has 0 saturated carbocycles. The highest BCUT2D eigenvalue weighted by molar-refractivity contribution is 6.05. The van der Waals surface area contributed by atoms with Crippen molar-refractivity contribution in [3.63, 3.8) is 0 Å². The van der Waals surface area contributed by atoms with Gasteiger partial charge in [-0.05, 0) is 42.9 Å². The topological polar surface area (TPSA) is 65.2 Å². The smallest absolute Gasteiger partial charge is 0.261 e. The van der Waals surface area contributed by atoms with Crippen molar-refractivity contribution in [1.29, 1.82) is 0 Å². The second-order valence-electron chi connectivity index (χ2n) is 6.19. The molecule has 0 atom stereocenters.